The quantitative estimate of drug-likeness (QED) is 0.877. The first kappa shape index (κ1) is 10.5. The molecule has 1 heterocycles. The van der Waals surface area contributed by atoms with Crippen LogP contribution in [0.1, 0.15) is 23.4 Å². The van der Waals surface area contributed by atoms with E-state index >= 15 is 0 Å². The Morgan fingerprint density at radius 2 is 2.23 bits per heavy atom. The fraction of sp³-hybridized carbons (Fsp3) is 0.375. The lowest BCUT2D eigenvalue weighted by Crippen LogP contribution is -1.99. The first-order valence-corrected chi connectivity index (χ1v) is 4.40. The van der Waals surface area contributed by atoms with Gasteiger partial charge in [-0.25, -0.2) is 13.8 Å². The van der Waals surface area contributed by atoms with Crippen molar-refractivity contribution < 1.29 is 13.9 Å². The van der Waals surface area contributed by atoms with Crippen molar-refractivity contribution in [3.8, 4) is 0 Å². The summed E-state index contributed by atoms with van der Waals surface area (Å²) in [6, 6.07) is 1.30. The zero-order valence-corrected chi connectivity index (χ0v) is 8.48. The van der Waals surface area contributed by atoms with E-state index in [-0.39, 0.29) is 18.0 Å². The van der Waals surface area contributed by atoms with Gasteiger partial charge in [-0.3, -0.25) is 0 Å². The lowest BCUT2D eigenvalue weighted by atomic mass is 10.2. The van der Waals surface area contributed by atoms with Gasteiger partial charge in [0, 0.05) is 4.47 Å². The molecule has 1 N–H and O–H groups in total. The van der Waals surface area contributed by atoms with E-state index in [0.29, 0.717) is 10.0 Å². The number of aliphatic hydroxyl groups is 1. The molecular weight excluding hydrogens is 244 g/mol. The summed E-state index contributed by atoms with van der Waals surface area (Å²) in [5, 5.41) is 8.81. The Kier molecular flexibility index (Phi) is 3.33. The maximum Gasteiger partial charge on any atom is 0.280 e. The predicted octanol–water partition coefficient (Wildman–Crippen LogP) is 2.58. The molecule has 0 atom stereocenters. The van der Waals surface area contributed by atoms with Gasteiger partial charge in [-0.2, -0.15) is 0 Å². The van der Waals surface area contributed by atoms with Gasteiger partial charge in [0.15, 0.2) is 0 Å². The zero-order valence-electron chi connectivity index (χ0n) is 6.89. The molecule has 1 aromatic rings. The number of aliphatic hydroxyl groups excluding tert-OH is 1. The largest absolute Gasteiger partial charge is 0.390 e. The van der Waals surface area contributed by atoms with Crippen LogP contribution in [-0.4, -0.2) is 10.1 Å². The standard InChI is InChI=1S/C8H8BrF2NO/c1-4-2-5(8(10)11)12-6(3-13)7(4)9/h2,8,13H,3H2,1H3. The van der Waals surface area contributed by atoms with Crippen molar-refractivity contribution in [1.29, 1.82) is 0 Å². The van der Waals surface area contributed by atoms with Crippen LogP contribution in [0.2, 0.25) is 0 Å². The molecule has 0 spiro atoms. The molecule has 5 heteroatoms. The molecule has 0 fully saturated rings. The van der Waals surface area contributed by atoms with Crippen molar-refractivity contribution in [2.45, 2.75) is 20.0 Å². The smallest absolute Gasteiger partial charge is 0.280 e. The summed E-state index contributed by atoms with van der Waals surface area (Å²) in [6.45, 7) is 1.33. The van der Waals surface area contributed by atoms with E-state index in [1.807, 2.05) is 0 Å². The van der Waals surface area contributed by atoms with Crippen LogP contribution in [0.5, 0.6) is 0 Å². The normalized spacial score (nSPS) is 10.9. The monoisotopic (exact) mass is 251 g/mol. The van der Waals surface area contributed by atoms with E-state index in [0.717, 1.165) is 0 Å². The van der Waals surface area contributed by atoms with E-state index in [1.165, 1.54) is 6.07 Å². The van der Waals surface area contributed by atoms with Gasteiger partial charge in [0.2, 0.25) is 0 Å². The van der Waals surface area contributed by atoms with E-state index < -0.39 is 6.43 Å². The Bertz CT molecular complexity index is 317. The number of hydrogen-bond donors (Lipinski definition) is 1. The van der Waals surface area contributed by atoms with Crippen molar-refractivity contribution in [3.05, 3.63) is 27.5 Å². The Hall–Kier alpha value is -0.550. The van der Waals surface area contributed by atoms with Gasteiger partial charge in [0.25, 0.3) is 6.43 Å². The van der Waals surface area contributed by atoms with E-state index in [9.17, 15) is 8.78 Å². The number of halogens is 3. The Labute approximate surface area is 82.7 Å². The minimum Gasteiger partial charge on any atom is -0.390 e. The van der Waals surface area contributed by atoms with Crippen LogP contribution >= 0.6 is 15.9 Å². The third-order valence-electron chi connectivity index (χ3n) is 1.60. The number of aromatic nitrogens is 1. The second-order valence-corrected chi connectivity index (χ2v) is 3.38. The first-order chi connectivity index (χ1) is 6.06. The highest BCUT2D eigenvalue weighted by Gasteiger charge is 2.13. The van der Waals surface area contributed by atoms with Crippen molar-refractivity contribution in [2.75, 3.05) is 0 Å². The van der Waals surface area contributed by atoms with Crippen molar-refractivity contribution in [2.24, 2.45) is 0 Å². The van der Waals surface area contributed by atoms with E-state index in [4.69, 9.17) is 5.11 Å². The average molecular weight is 252 g/mol. The first-order valence-electron chi connectivity index (χ1n) is 3.61. The highest BCUT2D eigenvalue weighted by molar-refractivity contribution is 9.10. The molecule has 1 aromatic heterocycles. The van der Waals surface area contributed by atoms with E-state index in [1.54, 1.807) is 6.92 Å². The number of pyridine rings is 1. The topological polar surface area (TPSA) is 33.1 Å². The SMILES string of the molecule is Cc1cc(C(F)F)nc(CO)c1Br. The molecule has 0 aliphatic rings. The van der Waals surface area contributed by atoms with Crippen LogP contribution < -0.4 is 0 Å². The number of rotatable bonds is 2. The summed E-state index contributed by atoms with van der Waals surface area (Å²) < 4.78 is 25.1. The van der Waals surface area contributed by atoms with E-state index in [2.05, 4.69) is 20.9 Å². The molecule has 1 rings (SSSR count). The molecule has 0 saturated heterocycles. The van der Waals surface area contributed by atoms with Crippen molar-refractivity contribution in [1.82, 2.24) is 4.98 Å². The Morgan fingerprint density at radius 1 is 1.62 bits per heavy atom. The summed E-state index contributed by atoms with van der Waals surface area (Å²) in [5.74, 6) is 0. The molecule has 0 amide bonds. The fourth-order valence-corrected chi connectivity index (χ4v) is 1.30. The third kappa shape index (κ3) is 2.22. The van der Waals surface area contributed by atoms with Gasteiger partial charge < -0.3 is 5.11 Å². The van der Waals surface area contributed by atoms with Gasteiger partial charge >= 0.3 is 0 Å². The zero-order chi connectivity index (χ0) is 10.0. The summed E-state index contributed by atoms with van der Waals surface area (Å²) >= 11 is 3.16. The minimum absolute atomic E-state index is 0.246. The van der Waals surface area contributed by atoms with Gasteiger partial charge in [-0.05, 0) is 34.5 Å². The lowest BCUT2D eigenvalue weighted by Gasteiger charge is -2.07. The summed E-state index contributed by atoms with van der Waals surface area (Å²) in [7, 11) is 0. The second kappa shape index (κ2) is 4.11. The summed E-state index contributed by atoms with van der Waals surface area (Å²) in [5.41, 5.74) is 0.592. The van der Waals surface area contributed by atoms with Crippen LogP contribution in [0.25, 0.3) is 0 Å². The van der Waals surface area contributed by atoms with Crippen LogP contribution in [-0.2, 0) is 6.61 Å². The molecule has 0 radical (unpaired) electrons. The molecule has 72 valence electrons. The van der Waals surface area contributed by atoms with Crippen LogP contribution in [0.4, 0.5) is 8.78 Å². The maximum atomic E-state index is 12.2. The van der Waals surface area contributed by atoms with Crippen LogP contribution in [0.3, 0.4) is 0 Å². The second-order valence-electron chi connectivity index (χ2n) is 2.58. The van der Waals surface area contributed by atoms with Crippen molar-refractivity contribution in [3.63, 3.8) is 0 Å². The number of nitrogens with zero attached hydrogens (tertiary/aromatic N) is 1. The lowest BCUT2D eigenvalue weighted by molar-refractivity contribution is 0.145. The summed E-state index contributed by atoms with van der Waals surface area (Å²) in [6.07, 6.45) is -2.60. The number of alkyl halides is 2. The Morgan fingerprint density at radius 3 is 2.69 bits per heavy atom. The average Bonchev–Trinajstić information content (AvgIpc) is 2.09. The highest BCUT2D eigenvalue weighted by atomic mass is 79.9. The fourth-order valence-electron chi connectivity index (χ4n) is 0.967. The van der Waals surface area contributed by atoms with Crippen LogP contribution in [0.15, 0.2) is 10.5 Å². The minimum atomic E-state index is -2.60. The predicted molar refractivity (Wildman–Crippen MR) is 47.6 cm³/mol. The molecule has 0 saturated carbocycles. The molecular formula is C8H8BrF2NO. The Balaban J connectivity index is 3.22. The molecule has 0 aliphatic heterocycles. The van der Waals surface area contributed by atoms with Gasteiger partial charge in [0.05, 0.1) is 12.3 Å². The van der Waals surface area contributed by atoms with Crippen LogP contribution in [0, 0.1) is 6.92 Å². The molecule has 0 bridgehead atoms. The van der Waals surface area contributed by atoms with Gasteiger partial charge in [-0.1, -0.05) is 0 Å². The maximum absolute atomic E-state index is 12.2. The third-order valence-corrected chi connectivity index (χ3v) is 2.68. The highest BCUT2D eigenvalue weighted by Crippen LogP contribution is 2.25. The molecule has 13 heavy (non-hydrogen) atoms. The summed E-state index contributed by atoms with van der Waals surface area (Å²) in [4.78, 5) is 3.60. The number of aryl methyl sites for hydroxylation is 1. The van der Waals surface area contributed by atoms with Crippen molar-refractivity contribution >= 4 is 15.9 Å². The molecule has 2 nitrogen and oxygen atoms in total. The van der Waals surface area contributed by atoms with Gasteiger partial charge in [-0.15, -0.1) is 0 Å². The molecule has 0 unspecified atom stereocenters. The molecule has 0 aromatic carbocycles. The molecule has 0 aliphatic carbocycles. The van der Waals surface area contributed by atoms with Gasteiger partial charge in [0.1, 0.15) is 5.69 Å². The number of hydrogen-bond acceptors (Lipinski definition) is 2.